The van der Waals surface area contributed by atoms with E-state index in [1.807, 2.05) is 6.07 Å². The molecular formula is C13H17N3O3S. The molecule has 0 aliphatic heterocycles. The van der Waals surface area contributed by atoms with Gasteiger partial charge in [-0.25, -0.2) is 13.1 Å². The Hall–Kier alpha value is -1.91. The largest absolute Gasteiger partial charge is 0.356 e. The van der Waals surface area contributed by atoms with Crippen molar-refractivity contribution >= 4 is 15.9 Å². The Balaban J connectivity index is 2.50. The molecule has 6 nitrogen and oxygen atoms in total. The Labute approximate surface area is 118 Å². The maximum Gasteiger partial charge on any atom is 0.241 e. The lowest BCUT2D eigenvalue weighted by molar-refractivity contribution is -0.118. The van der Waals surface area contributed by atoms with Crippen LogP contribution in [-0.2, 0) is 14.8 Å². The minimum absolute atomic E-state index is 0.00985. The van der Waals surface area contributed by atoms with Crippen LogP contribution in [-0.4, -0.2) is 27.4 Å². The number of nitrogens with zero attached hydrogens (tertiary/aromatic N) is 1. The van der Waals surface area contributed by atoms with Crippen molar-refractivity contribution in [2.75, 3.05) is 13.1 Å². The van der Waals surface area contributed by atoms with Crippen molar-refractivity contribution in [1.29, 1.82) is 5.26 Å². The smallest absolute Gasteiger partial charge is 0.241 e. The van der Waals surface area contributed by atoms with Gasteiger partial charge in [-0.2, -0.15) is 5.26 Å². The van der Waals surface area contributed by atoms with Crippen LogP contribution in [0.4, 0.5) is 0 Å². The zero-order valence-electron chi connectivity index (χ0n) is 11.2. The normalized spacial score (nSPS) is 10.8. The summed E-state index contributed by atoms with van der Waals surface area (Å²) in [5.41, 5.74) is 0.123. The van der Waals surface area contributed by atoms with E-state index in [2.05, 4.69) is 10.0 Å². The maximum atomic E-state index is 12.0. The van der Waals surface area contributed by atoms with Crippen molar-refractivity contribution < 1.29 is 13.2 Å². The molecule has 0 fully saturated rings. The first kappa shape index (κ1) is 16.1. The monoisotopic (exact) mass is 295 g/mol. The van der Waals surface area contributed by atoms with E-state index in [1.54, 1.807) is 12.1 Å². The zero-order valence-corrected chi connectivity index (χ0v) is 12.0. The summed E-state index contributed by atoms with van der Waals surface area (Å²) in [4.78, 5) is 10.6. The zero-order chi connectivity index (χ0) is 15.0. The lowest BCUT2D eigenvalue weighted by atomic mass is 10.2. The molecule has 0 radical (unpaired) electrons. The van der Waals surface area contributed by atoms with Gasteiger partial charge < -0.3 is 5.32 Å². The highest BCUT2D eigenvalue weighted by Crippen LogP contribution is 2.13. The van der Waals surface area contributed by atoms with Crippen LogP contribution in [0, 0.1) is 11.3 Å². The molecule has 0 aromatic heterocycles. The van der Waals surface area contributed by atoms with Crippen molar-refractivity contribution in [3.63, 3.8) is 0 Å². The highest BCUT2D eigenvalue weighted by molar-refractivity contribution is 7.89. The van der Waals surface area contributed by atoms with Crippen LogP contribution in [0.3, 0.4) is 0 Å². The first-order valence-electron chi connectivity index (χ1n) is 6.20. The second kappa shape index (κ2) is 7.62. The molecule has 0 aliphatic carbocycles. The maximum absolute atomic E-state index is 12.0. The molecule has 0 bridgehead atoms. The Bertz CT molecular complexity index is 606. The summed E-state index contributed by atoms with van der Waals surface area (Å²) in [6.07, 6.45) is 1.29. The van der Waals surface area contributed by atoms with Gasteiger partial charge in [0.05, 0.1) is 10.5 Å². The number of hydrogen-bond donors (Lipinski definition) is 2. The number of carbonyl (C=O) groups is 1. The summed E-state index contributed by atoms with van der Waals surface area (Å²) >= 11 is 0. The van der Waals surface area contributed by atoms with Gasteiger partial charge in [-0.15, -0.1) is 0 Å². The highest BCUT2D eigenvalue weighted by Gasteiger charge is 2.17. The van der Waals surface area contributed by atoms with Crippen LogP contribution in [0.1, 0.15) is 25.3 Å². The van der Waals surface area contributed by atoms with Crippen LogP contribution in [0.2, 0.25) is 0 Å². The lowest BCUT2D eigenvalue weighted by Gasteiger charge is -2.08. The van der Waals surface area contributed by atoms with E-state index >= 15 is 0 Å². The lowest BCUT2D eigenvalue weighted by Crippen LogP contribution is -2.27. The number of hydrogen-bond acceptors (Lipinski definition) is 4. The number of rotatable bonds is 7. The van der Waals surface area contributed by atoms with Gasteiger partial charge in [0.2, 0.25) is 15.9 Å². The molecule has 0 atom stereocenters. The fraction of sp³-hybridized carbons (Fsp3) is 0.385. The summed E-state index contributed by atoms with van der Waals surface area (Å²) < 4.78 is 26.5. The van der Waals surface area contributed by atoms with E-state index in [0.717, 1.165) is 0 Å². The molecule has 1 aromatic rings. The van der Waals surface area contributed by atoms with Gasteiger partial charge in [0.15, 0.2) is 0 Å². The Morgan fingerprint density at radius 2 is 1.90 bits per heavy atom. The van der Waals surface area contributed by atoms with Gasteiger partial charge in [-0.05, 0) is 25.0 Å². The van der Waals surface area contributed by atoms with E-state index in [0.29, 0.717) is 19.4 Å². The van der Waals surface area contributed by atoms with E-state index < -0.39 is 10.0 Å². The minimum Gasteiger partial charge on any atom is -0.356 e. The molecule has 7 heteroatoms. The molecule has 108 valence electrons. The third-order valence-corrected chi connectivity index (χ3v) is 4.09. The number of nitriles is 1. The molecule has 0 heterocycles. The van der Waals surface area contributed by atoms with Gasteiger partial charge in [-0.1, -0.05) is 12.1 Å². The van der Waals surface area contributed by atoms with Gasteiger partial charge in [0.1, 0.15) is 6.07 Å². The third kappa shape index (κ3) is 4.99. The van der Waals surface area contributed by atoms with E-state index in [-0.39, 0.29) is 22.9 Å². The molecule has 1 amide bonds. The van der Waals surface area contributed by atoms with Gasteiger partial charge >= 0.3 is 0 Å². The fourth-order valence-electron chi connectivity index (χ4n) is 1.59. The van der Waals surface area contributed by atoms with Gasteiger partial charge in [0.25, 0.3) is 0 Å². The van der Waals surface area contributed by atoms with Crippen molar-refractivity contribution in [2.24, 2.45) is 0 Å². The average molecular weight is 295 g/mol. The first-order valence-corrected chi connectivity index (χ1v) is 7.69. The summed E-state index contributed by atoms with van der Waals surface area (Å²) in [7, 11) is -3.67. The van der Waals surface area contributed by atoms with E-state index in [1.165, 1.54) is 19.1 Å². The first-order chi connectivity index (χ1) is 9.47. The Morgan fingerprint density at radius 1 is 1.25 bits per heavy atom. The molecule has 1 rings (SSSR count). The molecule has 2 N–H and O–H groups in total. The van der Waals surface area contributed by atoms with Crippen LogP contribution in [0.5, 0.6) is 0 Å². The fourth-order valence-corrected chi connectivity index (χ4v) is 2.82. The standard InChI is InChI=1S/C13H17N3O3S/c1-11(17)15-8-4-5-9-16-20(18,19)13-7-3-2-6-12(13)10-14/h2-3,6-7,16H,4-5,8-9H2,1H3,(H,15,17). The molecule has 0 saturated carbocycles. The predicted octanol–water partition coefficient (Wildman–Crippen LogP) is 0.753. The minimum atomic E-state index is -3.67. The van der Waals surface area contributed by atoms with Crippen molar-refractivity contribution in [1.82, 2.24) is 10.0 Å². The number of amides is 1. The molecule has 0 aliphatic rings. The summed E-state index contributed by atoms with van der Waals surface area (Å²) in [6.45, 7) is 2.22. The number of carbonyl (C=O) groups excluding carboxylic acids is 1. The molecule has 20 heavy (non-hydrogen) atoms. The van der Waals surface area contributed by atoms with E-state index in [9.17, 15) is 13.2 Å². The van der Waals surface area contributed by atoms with Crippen molar-refractivity contribution in [2.45, 2.75) is 24.7 Å². The van der Waals surface area contributed by atoms with Crippen LogP contribution in [0.25, 0.3) is 0 Å². The SMILES string of the molecule is CC(=O)NCCCCNS(=O)(=O)c1ccccc1C#N. The molecule has 0 saturated heterocycles. The van der Waals surface area contributed by atoms with Crippen molar-refractivity contribution in [3.05, 3.63) is 29.8 Å². The molecular weight excluding hydrogens is 278 g/mol. The molecule has 1 aromatic carbocycles. The van der Waals surface area contributed by atoms with Gasteiger partial charge in [-0.3, -0.25) is 4.79 Å². The topological polar surface area (TPSA) is 99.1 Å². The van der Waals surface area contributed by atoms with Gasteiger partial charge in [0, 0.05) is 20.0 Å². The van der Waals surface area contributed by atoms with E-state index in [4.69, 9.17) is 5.26 Å². The second-order valence-electron chi connectivity index (χ2n) is 4.20. The average Bonchev–Trinajstić information content (AvgIpc) is 2.42. The number of unbranched alkanes of at least 4 members (excludes halogenated alkanes) is 1. The Morgan fingerprint density at radius 3 is 2.55 bits per heavy atom. The van der Waals surface area contributed by atoms with Crippen molar-refractivity contribution in [3.8, 4) is 6.07 Å². The second-order valence-corrected chi connectivity index (χ2v) is 5.93. The predicted molar refractivity (Wildman–Crippen MR) is 74.3 cm³/mol. The van der Waals surface area contributed by atoms with Crippen LogP contribution >= 0.6 is 0 Å². The molecule has 0 spiro atoms. The number of nitrogens with one attached hydrogen (secondary N) is 2. The summed E-state index contributed by atoms with van der Waals surface area (Å²) in [6, 6.07) is 7.91. The summed E-state index contributed by atoms with van der Waals surface area (Å²) in [5, 5.41) is 11.5. The van der Waals surface area contributed by atoms with Crippen LogP contribution < -0.4 is 10.0 Å². The highest BCUT2D eigenvalue weighted by atomic mass is 32.2. The van der Waals surface area contributed by atoms with Crippen LogP contribution in [0.15, 0.2) is 29.2 Å². The number of benzene rings is 1. The quantitative estimate of drug-likeness (QED) is 0.725. The summed E-state index contributed by atoms with van der Waals surface area (Å²) in [5.74, 6) is -0.103. The molecule has 0 unspecified atom stereocenters. The third-order valence-electron chi connectivity index (χ3n) is 2.57. The number of sulfonamides is 1. The Kier molecular flexibility index (Phi) is 6.15.